The highest BCUT2D eigenvalue weighted by Gasteiger charge is 2.19. The van der Waals surface area contributed by atoms with E-state index in [9.17, 15) is 9.59 Å². The zero-order valence-electron chi connectivity index (χ0n) is 12.0. The fraction of sp³-hybridized carbons (Fsp3) is 0.286. The minimum absolute atomic E-state index is 0.0340. The van der Waals surface area contributed by atoms with E-state index in [4.69, 9.17) is 0 Å². The molecule has 0 saturated heterocycles. The summed E-state index contributed by atoms with van der Waals surface area (Å²) in [5.41, 5.74) is 1.53. The molecular weight excluding hydrogens is 302 g/mol. The summed E-state index contributed by atoms with van der Waals surface area (Å²) in [7, 11) is 1.59. The van der Waals surface area contributed by atoms with Crippen molar-refractivity contribution in [3.05, 3.63) is 35.0 Å². The van der Waals surface area contributed by atoms with Crippen LogP contribution in [-0.2, 0) is 11.2 Å². The molecule has 2 N–H and O–H groups in total. The molecule has 7 nitrogen and oxygen atoms in total. The predicted molar refractivity (Wildman–Crippen MR) is 84.1 cm³/mol. The maximum atomic E-state index is 12.4. The second-order valence-electron chi connectivity index (χ2n) is 4.96. The fourth-order valence-corrected chi connectivity index (χ4v) is 2.79. The number of carbonyl (C=O) groups excluding carboxylic acids is 2. The van der Waals surface area contributed by atoms with Gasteiger partial charge in [-0.15, -0.1) is 11.3 Å². The molecule has 22 heavy (non-hydrogen) atoms. The lowest BCUT2D eigenvalue weighted by molar-refractivity contribution is -0.116. The van der Waals surface area contributed by atoms with Crippen LogP contribution in [0, 0.1) is 0 Å². The molecule has 0 atom stereocenters. The van der Waals surface area contributed by atoms with E-state index >= 15 is 0 Å². The first-order chi connectivity index (χ1) is 10.6. The Hall–Kier alpha value is -2.48. The van der Waals surface area contributed by atoms with Gasteiger partial charge in [-0.3, -0.25) is 9.59 Å². The normalized spacial score (nSPS) is 12.4. The monoisotopic (exact) mass is 317 g/mol. The van der Waals surface area contributed by atoms with Gasteiger partial charge in [-0.2, -0.15) is 0 Å². The van der Waals surface area contributed by atoms with Crippen molar-refractivity contribution < 1.29 is 9.59 Å². The minimum Gasteiger partial charge on any atom is -0.370 e. The lowest BCUT2D eigenvalue weighted by Crippen LogP contribution is -2.35. The predicted octanol–water partition coefficient (Wildman–Crippen LogP) is 1.22. The lowest BCUT2D eigenvalue weighted by Gasteiger charge is -2.16. The summed E-state index contributed by atoms with van der Waals surface area (Å²) in [5, 5.41) is 8.09. The van der Waals surface area contributed by atoms with Crippen LogP contribution < -0.4 is 10.6 Å². The topological polar surface area (TPSA) is 87.2 Å². The summed E-state index contributed by atoms with van der Waals surface area (Å²) in [6.07, 6.45) is 4.01. The first-order valence-electron chi connectivity index (χ1n) is 6.81. The van der Waals surface area contributed by atoms with Crippen molar-refractivity contribution in [1.82, 2.24) is 14.9 Å². The number of rotatable bonds is 4. The molecule has 0 saturated carbocycles. The van der Waals surface area contributed by atoms with E-state index in [0.29, 0.717) is 10.7 Å². The molecule has 2 aromatic rings. The van der Waals surface area contributed by atoms with Gasteiger partial charge in [0.25, 0.3) is 5.91 Å². The Balaban J connectivity index is 1.63. The Morgan fingerprint density at radius 3 is 3.09 bits per heavy atom. The summed E-state index contributed by atoms with van der Waals surface area (Å²) < 4.78 is 0. The molecule has 3 rings (SSSR count). The van der Waals surface area contributed by atoms with Gasteiger partial charge < -0.3 is 15.5 Å². The second-order valence-corrected chi connectivity index (χ2v) is 5.85. The molecule has 0 bridgehead atoms. The number of likely N-dealkylation sites (N-methyl/N-ethyl adjacent to an activating group) is 1. The number of hydrogen-bond donors (Lipinski definition) is 2. The number of carbonyl (C=O) groups is 2. The van der Waals surface area contributed by atoms with Crippen LogP contribution in [0.25, 0.3) is 0 Å². The fourth-order valence-electron chi connectivity index (χ4n) is 2.24. The number of aromatic nitrogens is 2. The van der Waals surface area contributed by atoms with E-state index in [1.807, 2.05) is 6.07 Å². The Labute approximate surface area is 131 Å². The van der Waals surface area contributed by atoms with Crippen molar-refractivity contribution in [2.45, 2.75) is 6.42 Å². The Kier molecular flexibility index (Phi) is 4.01. The van der Waals surface area contributed by atoms with Gasteiger partial charge in [-0.05, 0) is 18.1 Å². The Morgan fingerprint density at radius 1 is 1.45 bits per heavy atom. The van der Waals surface area contributed by atoms with Crippen molar-refractivity contribution in [3.8, 4) is 0 Å². The molecule has 1 aliphatic heterocycles. The van der Waals surface area contributed by atoms with E-state index in [1.54, 1.807) is 18.6 Å². The van der Waals surface area contributed by atoms with Crippen LogP contribution in [0.5, 0.6) is 0 Å². The molecule has 114 valence electrons. The van der Waals surface area contributed by atoms with Gasteiger partial charge in [0, 0.05) is 31.4 Å². The maximum absolute atomic E-state index is 12.4. The standard InChI is InChI=1S/C14H15N5O2S/c1-19(8-11(20)18-14-16-4-5-22-14)13(21)10-6-9-2-3-15-12(9)17-7-10/h4-7H,2-3,8H2,1H3,(H,15,17)(H,16,18,20). The van der Waals surface area contributed by atoms with E-state index in [-0.39, 0.29) is 18.4 Å². The average molecular weight is 317 g/mol. The Bertz CT molecular complexity index is 701. The number of nitrogens with zero attached hydrogens (tertiary/aromatic N) is 3. The molecule has 2 amide bonds. The number of hydrogen-bond acceptors (Lipinski definition) is 6. The van der Waals surface area contributed by atoms with Crippen molar-refractivity contribution in [3.63, 3.8) is 0 Å². The van der Waals surface area contributed by atoms with E-state index < -0.39 is 0 Å². The largest absolute Gasteiger partial charge is 0.370 e. The Morgan fingerprint density at radius 2 is 2.32 bits per heavy atom. The van der Waals surface area contributed by atoms with Gasteiger partial charge in [0.15, 0.2) is 5.13 Å². The highest BCUT2D eigenvalue weighted by Crippen LogP contribution is 2.20. The minimum atomic E-state index is -0.276. The third-order valence-electron chi connectivity index (χ3n) is 3.31. The summed E-state index contributed by atoms with van der Waals surface area (Å²) in [6, 6.07) is 1.83. The molecule has 8 heteroatoms. The average Bonchev–Trinajstić information content (AvgIpc) is 3.16. The molecule has 0 aliphatic carbocycles. The zero-order valence-corrected chi connectivity index (χ0v) is 12.8. The summed E-state index contributed by atoms with van der Waals surface area (Å²) >= 11 is 1.33. The molecule has 0 unspecified atom stereocenters. The van der Waals surface area contributed by atoms with E-state index in [2.05, 4.69) is 20.6 Å². The third kappa shape index (κ3) is 3.06. The molecule has 3 heterocycles. The highest BCUT2D eigenvalue weighted by molar-refractivity contribution is 7.13. The van der Waals surface area contributed by atoms with Gasteiger partial charge in [-0.25, -0.2) is 9.97 Å². The molecule has 0 radical (unpaired) electrons. The second kappa shape index (κ2) is 6.10. The molecular formula is C14H15N5O2S. The van der Waals surface area contributed by atoms with E-state index in [0.717, 1.165) is 24.3 Å². The first kappa shape index (κ1) is 14.5. The van der Waals surface area contributed by atoms with Gasteiger partial charge >= 0.3 is 0 Å². The SMILES string of the molecule is CN(CC(=O)Nc1nccs1)C(=O)c1cnc2c(c1)CCN2. The first-order valence-corrected chi connectivity index (χ1v) is 7.69. The number of fused-ring (bicyclic) bond motifs is 1. The molecule has 0 aromatic carbocycles. The summed E-state index contributed by atoms with van der Waals surface area (Å²) in [5.74, 6) is 0.332. The van der Waals surface area contributed by atoms with Crippen LogP contribution in [0.3, 0.4) is 0 Å². The van der Waals surface area contributed by atoms with Crippen molar-refractivity contribution in [2.24, 2.45) is 0 Å². The van der Waals surface area contributed by atoms with Crippen LogP contribution in [0.15, 0.2) is 23.8 Å². The highest BCUT2D eigenvalue weighted by atomic mass is 32.1. The number of amides is 2. The third-order valence-corrected chi connectivity index (χ3v) is 4.00. The molecule has 1 aliphatic rings. The van der Waals surface area contributed by atoms with Gasteiger partial charge in [0.05, 0.1) is 12.1 Å². The maximum Gasteiger partial charge on any atom is 0.255 e. The van der Waals surface area contributed by atoms with Crippen LogP contribution in [0.4, 0.5) is 10.9 Å². The van der Waals surface area contributed by atoms with Crippen molar-refractivity contribution in [1.29, 1.82) is 0 Å². The van der Waals surface area contributed by atoms with Gasteiger partial charge in [0.1, 0.15) is 5.82 Å². The molecule has 0 fully saturated rings. The number of anilines is 2. The van der Waals surface area contributed by atoms with Gasteiger partial charge in [-0.1, -0.05) is 0 Å². The van der Waals surface area contributed by atoms with Crippen LogP contribution in [0.2, 0.25) is 0 Å². The summed E-state index contributed by atoms with van der Waals surface area (Å²) in [6.45, 7) is 0.805. The number of nitrogens with one attached hydrogen (secondary N) is 2. The van der Waals surface area contributed by atoms with Crippen LogP contribution in [0.1, 0.15) is 15.9 Å². The lowest BCUT2D eigenvalue weighted by atomic mass is 10.1. The smallest absolute Gasteiger partial charge is 0.255 e. The zero-order chi connectivity index (χ0) is 15.5. The van der Waals surface area contributed by atoms with Gasteiger partial charge in [0.2, 0.25) is 5.91 Å². The van der Waals surface area contributed by atoms with Crippen LogP contribution in [-0.4, -0.2) is 46.8 Å². The summed E-state index contributed by atoms with van der Waals surface area (Å²) in [4.78, 5) is 33.8. The van der Waals surface area contributed by atoms with E-state index in [1.165, 1.54) is 22.4 Å². The van der Waals surface area contributed by atoms with Crippen molar-refractivity contribution >= 4 is 34.1 Å². The number of pyridine rings is 1. The molecule has 2 aromatic heterocycles. The molecule has 0 spiro atoms. The van der Waals surface area contributed by atoms with Crippen LogP contribution >= 0.6 is 11.3 Å². The number of thiazole rings is 1. The quantitative estimate of drug-likeness (QED) is 0.885. The van der Waals surface area contributed by atoms with Crippen molar-refractivity contribution in [2.75, 3.05) is 30.8 Å².